The lowest BCUT2D eigenvalue weighted by Crippen LogP contribution is -2.29. The average Bonchev–Trinajstić information content (AvgIpc) is 2.94. The van der Waals surface area contributed by atoms with Gasteiger partial charge in [0.15, 0.2) is 5.78 Å². The van der Waals surface area contributed by atoms with E-state index in [0.717, 1.165) is 10.9 Å². The number of amides is 1. The number of aromatic amines is 1. The molecule has 6 nitrogen and oxygen atoms in total. The third kappa shape index (κ3) is 3.68. The van der Waals surface area contributed by atoms with E-state index in [1.165, 1.54) is 7.11 Å². The predicted octanol–water partition coefficient (Wildman–Crippen LogP) is 1.42. The minimum Gasteiger partial charge on any atom is -0.469 e. The largest absolute Gasteiger partial charge is 0.469 e. The van der Waals surface area contributed by atoms with Crippen LogP contribution in [0.4, 0.5) is 0 Å². The maximum absolute atomic E-state index is 12.0. The maximum atomic E-state index is 12.0. The van der Waals surface area contributed by atoms with E-state index in [2.05, 4.69) is 15.0 Å². The second-order valence-electron chi connectivity index (χ2n) is 4.55. The molecule has 1 aromatic carbocycles. The van der Waals surface area contributed by atoms with Gasteiger partial charge in [0, 0.05) is 23.5 Å². The SMILES string of the molecule is COC(=O)CCC(=O)CNC(=O)c1c[nH]c2ccccc12. The number of carbonyl (C=O) groups excluding carboxylic acids is 3. The first-order chi connectivity index (χ1) is 10.1. The Kier molecular flexibility index (Phi) is 4.71. The van der Waals surface area contributed by atoms with E-state index < -0.39 is 5.97 Å². The first-order valence-electron chi connectivity index (χ1n) is 6.54. The fourth-order valence-corrected chi connectivity index (χ4v) is 1.97. The van der Waals surface area contributed by atoms with Crippen molar-refractivity contribution < 1.29 is 19.1 Å². The van der Waals surface area contributed by atoms with Crippen molar-refractivity contribution in [1.29, 1.82) is 0 Å². The number of hydrogen-bond donors (Lipinski definition) is 2. The molecule has 1 aromatic heterocycles. The quantitative estimate of drug-likeness (QED) is 0.787. The van der Waals surface area contributed by atoms with Gasteiger partial charge in [0.2, 0.25) is 0 Å². The first kappa shape index (κ1) is 14.8. The van der Waals surface area contributed by atoms with E-state index >= 15 is 0 Å². The van der Waals surface area contributed by atoms with E-state index in [-0.39, 0.29) is 31.1 Å². The molecule has 0 radical (unpaired) electrons. The zero-order chi connectivity index (χ0) is 15.2. The monoisotopic (exact) mass is 288 g/mol. The van der Waals surface area contributed by atoms with Crippen LogP contribution < -0.4 is 5.32 Å². The lowest BCUT2D eigenvalue weighted by molar-refractivity contribution is -0.141. The molecule has 0 unspecified atom stereocenters. The lowest BCUT2D eigenvalue weighted by Gasteiger charge is -2.03. The zero-order valence-corrected chi connectivity index (χ0v) is 11.6. The Morgan fingerprint density at radius 2 is 1.95 bits per heavy atom. The summed E-state index contributed by atoms with van der Waals surface area (Å²) in [5, 5.41) is 3.36. The number of esters is 1. The van der Waals surface area contributed by atoms with Crippen molar-refractivity contribution in [3.05, 3.63) is 36.0 Å². The van der Waals surface area contributed by atoms with Crippen molar-refractivity contribution in [2.45, 2.75) is 12.8 Å². The molecule has 1 amide bonds. The summed E-state index contributed by atoms with van der Waals surface area (Å²) in [6, 6.07) is 7.42. The summed E-state index contributed by atoms with van der Waals surface area (Å²) in [6.45, 7) is -0.102. The van der Waals surface area contributed by atoms with Gasteiger partial charge in [-0.3, -0.25) is 14.4 Å². The highest BCUT2D eigenvalue weighted by molar-refractivity contribution is 6.07. The summed E-state index contributed by atoms with van der Waals surface area (Å²) in [5.41, 5.74) is 1.35. The van der Waals surface area contributed by atoms with E-state index in [9.17, 15) is 14.4 Å². The van der Waals surface area contributed by atoms with E-state index in [1.807, 2.05) is 24.3 Å². The molecule has 0 bridgehead atoms. The molecule has 0 saturated carbocycles. The Labute approximate surface area is 121 Å². The molecule has 2 rings (SSSR count). The highest BCUT2D eigenvalue weighted by atomic mass is 16.5. The number of methoxy groups -OCH3 is 1. The van der Waals surface area contributed by atoms with E-state index in [1.54, 1.807) is 6.20 Å². The number of hydrogen-bond acceptors (Lipinski definition) is 4. The first-order valence-corrected chi connectivity index (χ1v) is 6.54. The maximum Gasteiger partial charge on any atom is 0.305 e. The number of Topliss-reactive ketones (excluding diaryl/α,β-unsaturated/α-hetero) is 1. The Morgan fingerprint density at radius 1 is 1.19 bits per heavy atom. The zero-order valence-electron chi connectivity index (χ0n) is 11.6. The Morgan fingerprint density at radius 3 is 2.71 bits per heavy atom. The molecule has 0 aliphatic rings. The number of ketones is 1. The predicted molar refractivity (Wildman–Crippen MR) is 76.9 cm³/mol. The van der Waals surface area contributed by atoms with Crippen LogP contribution in [-0.2, 0) is 14.3 Å². The number of aromatic nitrogens is 1. The third-order valence-corrected chi connectivity index (χ3v) is 3.12. The minimum absolute atomic E-state index is 0.0261. The van der Waals surface area contributed by atoms with Crippen LogP contribution in [-0.4, -0.2) is 36.3 Å². The van der Waals surface area contributed by atoms with Gasteiger partial charge < -0.3 is 15.0 Å². The van der Waals surface area contributed by atoms with Crippen LogP contribution in [0.1, 0.15) is 23.2 Å². The van der Waals surface area contributed by atoms with Crippen LogP contribution in [0, 0.1) is 0 Å². The number of rotatable bonds is 6. The van der Waals surface area contributed by atoms with Crippen molar-refractivity contribution in [3.63, 3.8) is 0 Å². The van der Waals surface area contributed by atoms with Gasteiger partial charge in [-0.25, -0.2) is 0 Å². The van der Waals surface area contributed by atoms with Gasteiger partial charge in [-0.15, -0.1) is 0 Å². The third-order valence-electron chi connectivity index (χ3n) is 3.12. The molecule has 0 saturated heterocycles. The fourth-order valence-electron chi connectivity index (χ4n) is 1.97. The standard InChI is InChI=1S/C15H16N2O4/c1-21-14(19)7-6-10(18)8-17-15(20)12-9-16-13-5-3-2-4-11(12)13/h2-5,9,16H,6-8H2,1H3,(H,17,20). The fraction of sp³-hybridized carbons (Fsp3) is 0.267. The summed E-state index contributed by atoms with van der Waals surface area (Å²) in [4.78, 5) is 37.5. The van der Waals surface area contributed by atoms with Gasteiger partial charge in [-0.2, -0.15) is 0 Å². The number of nitrogens with one attached hydrogen (secondary N) is 2. The minimum atomic E-state index is -0.439. The van der Waals surface area contributed by atoms with Crippen LogP contribution in [0.2, 0.25) is 0 Å². The van der Waals surface area contributed by atoms with Gasteiger partial charge in [0.05, 0.1) is 25.6 Å². The smallest absolute Gasteiger partial charge is 0.305 e. The molecule has 1 heterocycles. The van der Waals surface area contributed by atoms with Crippen molar-refractivity contribution in [3.8, 4) is 0 Å². The lowest BCUT2D eigenvalue weighted by atomic mass is 10.1. The molecule has 21 heavy (non-hydrogen) atoms. The highest BCUT2D eigenvalue weighted by Gasteiger charge is 2.13. The number of ether oxygens (including phenoxy) is 1. The van der Waals surface area contributed by atoms with Gasteiger partial charge in [0.25, 0.3) is 5.91 Å². The average molecular weight is 288 g/mol. The highest BCUT2D eigenvalue weighted by Crippen LogP contribution is 2.17. The van der Waals surface area contributed by atoms with Crippen molar-refractivity contribution in [2.24, 2.45) is 0 Å². The number of benzene rings is 1. The Hall–Kier alpha value is -2.63. The van der Waals surface area contributed by atoms with Gasteiger partial charge >= 0.3 is 5.97 Å². The van der Waals surface area contributed by atoms with Crippen LogP contribution in [0.3, 0.4) is 0 Å². The van der Waals surface area contributed by atoms with Crippen molar-refractivity contribution in [2.75, 3.05) is 13.7 Å². The van der Waals surface area contributed by atoms with Crippen LogP contribution in [0.25, 0.3) is 10.9 Å². The normalized spacial score (nSPS) is 10.3. The van der Waals surface area contributed by atoms with Crippen LogP contribution >= 0.6 is 0 Å². The number of carbonyl (C=O) groups is 3. The van der Waals surface area contributed by atoms with E-state index in [0.29, 0.717) is 5.56 Å². The van der Waals surface area contributed by atoms with Crippen molar-refractivity contribution in [1.82, 2.24) is 10.3 Å². The molecule has 6 heteroatoms. The number of H-pyrrole nitrogens is 1. The van der Waals surface area contributed by atoms with Gasteiger partial charge in [-0.05, 0) is 6.07 Å². The molecule has 2 aromatic rings. The summed E-state index contributed by atoms with van der Waals surface area (Å²) in [7, 11) is 1.27. The second kappa shape index (κ2) is 6.69. The Balaban J connectivity index is 1.90. The molecule has 0 aliphatic heterocycles. The Bertz CT molecular complexity index is 675. The molecular formula is C15H16N2O4. The van der Waals surface area contributed by atoms with Crippen molar-refractivity contribution >= 4 is 28.6 Å². The molecule has 0 spiro atoms. The summed E-state index contributed by atoms with van der Waals surface area (Å²) in [5.74, 6) is -0.973. The second-order valence-corrected chi connectivity index (χ2v) is 4.55. The van der Waals surface area contributed by atoms with Crippen LogP contribution in [0.5, 0.6) is 0 Å². The molecule has 110 valence electrons. The molecule has 0 atom stereocenters. The summed E-state index contributed by atoms with van der Waals surface area (Å²) < 4.78 is 4.45. The van der Waals surface area contributed by atoms with Gasteiger partial charge in [-0.1, -0.05) is 18.2 Å². The topological polar surface area (TPSA) is 88.3 Å². The van der Waals surface area contributed by atoms with Crippen LogP contribution in [0.15, 0.2) is 30.5 Å². The summed E-state index contributed by atoms with van der Waals surface area (Å²) in [6.07, 6.45) is 1.69. The summed E-state index contributed by atoms with van der Waals surface area (Å²) >= 11 is 0. The van der Waals surface area contributed by atoms with E-state index in [4.69, 9.17) is 0 Å². The molecule has 2 N–H and O–H groups in total. The van der Waals surface area contributed by atoms with Gasteiger partial charge in [0.1, 0.15) is 0 Å². The number of fused-ring (bicyclic) bond motifs is 1. The molecular weight excluding hydrogens is 272 g/mol. The molecule has 0 aliphatic carbocycles. The number of para-hydroxylation sites is 1. The molecule has 0 fully saturated rings.